The highest BCUT2D eigenvalue weighted by Crippen LogP contribution is 2.02. The van der Waals surface area contributed by atoms with Gasteiger partial charge in [0.15, 0.2) is 0 Å². The van der Waals surface area contributed by atoms with E-state index in [0.29, 0.717) is 18.7 Å². The fourth-order valence-corrected chi connectivity index (χ4v) is 1.24. The van der Waals surface area contributed by atoms with Gasteiger partial charge in [-0.15, -0.1) is 0 Å². The molecule has 0 spiro atoms. The molecule has 1 aromatic rings. The highest BCUT2D eigenvalue weighted by molar-refractivity contribution is 5.92. The molecule has 17 heavy (non-hydrogen) atoms. The summed E-state index contributed by atoms with van der Waals surface area (Å²) in [6.07, 6.45) is 3.89. The van der Waals surface area contributed by atoms with Gasteiger partial charge in [0.05, 0.1) is 24.9 Å². The molecule has 1 atom stereocenters. The van der Waals surface area contributed by atoms with Crippen LogP contribution in [-0.2, 0) is 0 Å². The number of rotatable bonds is 5. The van der Waals surface area contributed by atoms with Crippen LogP contribution in [0.2, 0.25) is 0 Å². The van der Waals surface area contributed by atoms with Crippen LogP contribution in [0.5, 0.6) is 0 Å². The molecule has 0 saturated heterocycles. The maximum absolute atomic E-state index is 11.7. The number of hydrogen-bond acceptors (Lipinski definition) is 5. The average Bonchev–Trinajstić information content (AvgIpc) is 2.38. The first-order valence-corrected chi connectivity index (χ1v) is 5.38. The molecule has 1 rings (SSSR count). The summed E-state index contributed by atoms with van der Waals surface area (Å²) in [5.41, 5.74) is 0.250. The molecule has 0 saturated carbocycles. The summed E-state index contributed by atoms with van der Waals surface area (Å²) < 4.78 is 0. The molecule has 0 fully saturated rings. The molecule has 0 bridgehead atoms. The van der Waals surface area contributed by atoms with Crippen LogP contribution in [0, 0.1) is 11.3 Å². The summed E-state index contributed by atoms with van der Waals surface area (Å²) in [5.74, 6) is 0.299. The van der Waals surface area contributed by atoms with Crippen molar-refractivity contribution in [1.82, 2.24) is 15.3 Å². The van der Waals surface area contributed by atoms with E-state index in [0.717, 1.165) is 0 Å². The summed E-state index contributed by atoms with van der Waals surface area (Å²) in [5, 5.41) is 14.1. The van der Waals surface area contributed by atoms with E-state index in [4.69, 9.17) is 5.26 Å². The Bertz CT molecular complexity index is 409. The number of carbonyl (C=O) groups excluding carboxylic acids is 1. The Morgan fingerprint density at radius 1 is 1.53 bits per heavy atom. The van der Waals surface area contributed by atoms with Gasteiger partial charge in [-0.3, -0.25) is 4.79 Å². The Morgan fingerprint density at radius 2 is 2.29 bits per heavy atom. The number of nitrogens with one attached hydrogen (secondary N) is 2. The molecule has 1 aromatic heterocycles. The van der Waals surface area contributed by atoms with Crippen LogP contribution in [0.4, 0.5) is 5.82 Å². The minimum Gasteiger partial charge on any atom is -0.372 e. The SMILES string of the molecule is CC[C@H](CC#N)NC(=O)c1cnc(NC)cn1. The van der Waals surface area contributed by atoms with Crippen molar-refractivity contribution in [2.75, 3.05) is 12.4 Å². The van der Waals surface area contributed by atoms with Crippen molar-refractivity contribution in [1.29, 1.82) is 5.26 Å². The molecule has 0 aromatic carbocycles. The van der Waals surface area contributed by atoms with Crippen molar-refractivity contribution in [2.45, 2.75) is 25.8 Å². The number of nitriles is 1. The number of aromatic nitrogens is 2. The third-order valence-corrected chi connectivity index (χ3v) is 2.31. The lowest BCUT2D eigenvalue weighted by Crippen LogP contribution is -2.34. The summed E-state index contributed by atoms with van der Waals surface area (Å²) in [6, 6.07) is 1.89. The quantitative estimate of drug-likeness (QED) is 0.789. The van der Waals surface area contributed by atoms with Gasteiger partial charge >= 0.3 is 0 Å². The predicted molar refractivity (Wildman–Crippen MR) is 63.4 cm³/mol. The lowest BCUT2D eigenvalue weighted by Gasteiger charge is -2.12. The van der Waals surface area contributed by atoms with Crippen molar-refractivity contribution >= 4 is 11.7 Å². The van der Waals surface area contributed by atoms with Gasteiger partial charge in [0.25, 0.3) is 5.91 Å². The lowest BCUT2D eigenvalue weighted by molar-refractivity contribution is 0.0931. The lowest BCUT2D eigenvalue weighted by atomic mass is 10.1. The maximum Gasteiger partial charge on any atom is 0.271 e. The monoisotopic (exact) mass is 233 g/mol. The normalized spacial score (nSPS) is 11.4. The average molecular weight is 233 g/mol. The van der Waals surface area contributed by atoms with Gasteiger partial charge < -0.3 is 10.6 Å². The van der Waals surface area contributed by atoms with E-state index in [2.05, 4.69) is 20.6 Å². The molecule has 2 N–H and O–H groups in total. The first-order valence-electron chi connectivity index (χ1n) is 5.38. The molecule has 0 aliphatic heterocycles. The number of hydrogen-bond donors (Lipinski definition) is 2. The van der Waals surface area contributed by atoms with E-state index in [1.165, 1.54) is 12.4 Å². The second kappa shape index (κ2) is 6.43. The van der Waals surface area contributed by atoms with Crippen LogP contribution in [0.15, 0.2) is 12.4 Å². The number of carbonyl (C=O) groups is 1. The summed E-state index contributed by atoms with van der Waals surface area (Å²) in [4.78, 5) is 19.7. The van der Waals surface area contributed by atoms with Crippen molar-refractivity contribution in [3.63, 3.8) is 0 Å². The van der Waals surface area contributed by atoms with Crippen molar-refractivity contribution in [3.05, 3.63) is 18.1 Å². The molecule has 0 unspecified atom stereocenters. The smallest absolute Gasteiger partial charge is 0.271 e. The molecule has 6 heteroatoms. The maximum atomic E-state index is 11.7. The van der Waals surface area contributed by atoms with Gasteiger partial charge in [0.1, 0.15) is 11.5 Å². The summed E-state index contributed by atoms with van der Waals surface area (Å²) >= 11 is 0. The van der Waals surface area contributed by atoms with E-state index in [1.807, 2.05) is 13.0 Å². The van der Waals surface area contributed by atoms with E-state index in [1.54, 1.807) is 7.05 Å². The zero-order valence-electron chi connectivity index (χ0n) is 9.90. The Balaban J connectivity index is 2.65. The molecule has 6 nitrogen and oxygen atoms in total. The molecule has 1 heterocycles. The fourth-order valence-electron chi connectivity index (χ4n) is 1.24. The van der Waals surface area contributed by atoms with Crippen molar-refractivity contribution < 1.29 is 4.79 Å². The predicted octanol–water partition coefficient (Wildman–Crippen LogP) is 0.940. The third kappa shape index (κ3) is 3.72. The Morgan fingerprint density at radius 3 is 2.76 bits per heavy atom. The van der Waals surface area contributed by atoms with Crippen LogP contribution >= 0.6 is 0 Å². The topological polar surface area (TPSA) is 90.7 Å². The number of amides is 1. The molecular weight excluding hydrogens is 218 g/mol. The first-order chi connectivity index (χ1) is 8.21. The second-order valence-electron chi connectivity index (χ2n) is 3.48. The number of nitrogens with zero attached hydrogens (tertiary/aromatic N) is 3. The summed E-state index contributed by atoms with van der Waals surface area (Å²) in [6.45, 7) is 1.91. The minimum absolute atomic E-state index is 0.140. The van der Waals surface area contributed by atoms with Gasteiger partial charge in [-0.25, -0.2) is 9.97 Å². The second-order valence-corrected chi connectivity index (χ2v) is 3.48. The Kier molecular flexibility index (Phi) is 4.88. The minimum atomic E-state index is -0.303. The van der Waals surface area contributed by atoms with E-state index < -0.39 is 0 Å². The summed E-state index contributed by atoms with van der Waals surface area (Å²) in [7, 11) is 1.73. The highest BCUT2D eigenvalue weighted by atomic mass is 16.1. The Labute approximate surface area is 100 Å². The standard InChI is InChI=1S/C11H15N5O/c1-3-8(4-5-12)16-11(17)9-6-15-10(13-2)7-14-9/h6-8H,3-4H2,1-2H3,(H,13,15)(H,16,17)/t8-/m1/s1. The van der Waals surface area contributed by atoms with Crippen LogP contribution in [0.1, 0.15) is 30.3 Å². The van der Waals surface area contributed by atoms with Gasteiger partial charge in [0.2, 0.25) is 0 Å². The fraction of sp³-hybridized carbons (Fsp3) is 0.455. The first kappa shape index (κ1) is 12.9. The van der Waals surface area contributed by atoms with Crippen LogP contribution in [0.25, 0.3) is 0 Å². The molecule has 0 aliphatic carbocycles. The molecule has 0 radical (unpaired) electrons. The molecule has 90 valence electrons. The van der Waals surface area contributed by atoms with Gasteiger partial charge in [0, 0.05) is 13.1 Å². The van der Waals surface area contributed by atoms with Crippen molar-refractivity contribution in [3.8, 4) is 6.07 Å². The van der Waals surface area contributed by atoms with E-state index >= 15 is 0 Å². The Hall–Kier alpha value is -2.16. The molecule has 0 aliphatic rings. The van der Waals surface area contributed by atoms with E-state index in [9.17, 15) is 4.79 Å². The largest absolute Gasteiger partial charge is 0.372 e. The van der Waals surface area contributed by atoms with Crippen LogP contribution in [-0.4, -0.2) is 29.0 Å². The van der Waals surface area contributed by atoms with Gasteiger partial charge in [-0.2, -0.15) is 5.26 Å². The molecule has 1 amide bonds. The van der Waals surface area contributed by atoms with E-state index in [-0.39, 0.29) is 17.6 Å². The third-order valence-electron chi connectivity index (χ3n) is 2.31. The number of anilines is 1. The van der Waals surface area contributed by atoms with Gasteiger partial charge in [-0.05, 0) is 6.42 Å². The zero-order valence-corrected chi connectivity index (χ0v) is 9.90. The van der Waals surface area contributed by atoms with Gasteiger partial charge in [-0.1, -0.05) is 6.92 Å². The zero-order chi connectivity index (χ0) is 12.7. The van der Waals surface area contributed by atoms with Crippen LogP contribution in [0.3, 0.4) is 0 Å². The van der Waals surface area contributed by atoms with Crippen molar-refractivity contribution in [2.24, 2.45) is 0 Å². The molecular formula is C11H15N5O. The highest BCUT2D eigenvalue weighted by Gasteiger charge is 2.13. The van der Waals surface area contributed by atoms with Crippen LogP contribution < -0.4 is 10.6 Å².